The molecule has 0 radical (unpaired) electrons. The van der Waals surface area contributed by atoms with Crippen LogP contribution in [0, 0.1) is 5.82 Å². The van der Waals surface area contributed by atoms with Crippen molar-refractivity contribution in [3.8, 4) is 5.75 Å². The van der Waals surface area contributed by atoms with E-state index in [0.29, 0.717) is 27.5 Å². The zero-order valence-electron chi connectivity index (χ0n) is 16.7. The van der Waals surface area contributed by atoms with Gasteiger partial charge >= 0.3 is 0 Å². The largest absolute Gasteiger partial charge is 0.507 e. The van der Waals surface area contributed by atoms with E-state index in [4.69, 9.17) is 23.2 Å². The molecular formula is C23H14Cl2FN3O3S. The van der Waals surface area contributed by atoms with Gasteiger partial charge < -0.3 is 5.11 Å². The van der Waals surface area contributed by atoms with Crippen LogP contribution >= 0.6 is 35.0 Å². The lowest BCUT2D eigenvalue weighted by Gasteiger charge is -2.13. The van der Waals surface area contributed by atoms with Crippen molar-refractivity contribution in [2.45, 2.75) is 6.54 Å². The lowest BCUT2D eigenvalue weighted by atomic mass is 10.1. The zero-order chi connectivity index (χ0) is 23.5. The van der Waals surface area contributed by atoms with Gasteiger partial charge in [-0.15, -0.1) is 0 Å². The van der Waals surface area contributed by atoms with E-state index in [1.807, 2.05) is 0 Å². The number of rotatable bonds is 5. The fourth-order valence-corrected chi connectivity index (χ4v) is 4.21. The van der Waals surface area contributed by atoms with Gasteiger partial charge in [0.2, 0.25) is 0 Å². The fraction of sp³-hybridized carbons (Fsp3) is 0.0435. The topological polar surface area (TPSA) is 82.3 Å². The molecule has 33 heavy (non-hydrogen) atoms. The molecule has 1 aliphatic heterocycles. The van der Waals surface area contributed by atoms with Gasteiger partial charge in [0.05, 0.1) is 22.8 Å². The lowest BCUT2D eigenvalue weighted by Crippen LogP contribution is -2.27. The fourth-order valence-electron chi connectivity index (χ4n) is 2.97. The third-order valence-corrected chi connectivity index (χ3v) is 6.10. The summed E-state index contributed by atoms with van der Waals surface area (Å²) in [5.74, 6) is -1.15. The Hall–Kier alpha value is -3.20. The van der Waals surface area contributed by atoms with Gasteiger partial charge in [-0.3, -0.25) is 14.5 Å². The minimum atomic E-state index is -0.546. The van der Waals surface area contributed by atoms with Gasteiger partial charge in [-0.05, 0) is 71.9 Å². The van der Waals surface area contributed by atoms with Gasteiger partial charge in [0.25, 0.3) is 11.1 Å². The summed E-state index contributed by atoms with van der Waals surface area (Å²) < 4.78 is 13.3. The van der Waals surface area contributed by atoms with Gasteiger partial charge in [-0.1, -0.05) is 35.3 Å². The van der Waals surface area contributed by atoms with Crippen molar-refractivity contribution in [3.05, 3.63) is 92.6 Å². The van der Waals surface area contributed by atoms with E-state index in [1.54, 1.807) is 30.3 Å². The molecule has 0 unspecified atom stereocenters. The highest BCUT2D eigenvalue weighted by molar-refractivity contribution is 8.18. The van der Waals surface area contributed by atoms with Crippen LogP contribution in [0.4, 0.5) is 20.6 Å². The van der Waals surface area contributed by atoms with E-state index >= 15 is 0 Å². The van der Waals surface area contributed by atoms with Crippen LogP contribution < -0.4 is 0 Å². The van der Waals surface area contributed by atoms with Crippen LogP contribution in [0.15, 0.2) is 75.8 Å². The maximum absolute atomic E-state index is 13.3. The van der Waals surface area contributed by atoms with Gasteiger partial charge in [0.1, 0.15) is 11.6 Å². The molecule has 1 aliphatic rings. The number of nitrogens with zero attached hydrogens (tertiary/aromatic N) is 3. The Balaban J connectivity index is 1.56. The molecule has 4 rings (SSSR count). The average molecular weight is 502 g/mol. The van der Waals surface area contributed by atoms with Crippen molar-refractivity contribution < 1.29 is 19.1 Å². The Bertz CT molecular complexity index is 1330. The van der Waals surface area contributed by atoms with Crippen LogP contribution in [0.2, 0.25) is 10.0 Å². The van der Waals surface area contributed by atoms with Crippen molar-refractivity contribution in [2.75, 3.05) is 0 Å². The molecule has 10 heteroatoms. The number of phenolic OH excluding ortho intramolecular Hbond substituents is 1. The molecule has 2 amide bonds. The zero-order valence-corrected chi connectivity index (χ0v) is 19.0. The van der Waals surface area contributed by atoms with E-state index < -0.39 is 17.0 Å². The van der Waals surface area contributed by atoms with Crippen LogP contribution in [0.1, 0.15) is 11.1 Å². The second-order valence-corrected chi connectivity index (χ2v) is 8.76. The third-order valence-electron chi connectivity index (χ3n) is 4.60. The maximum Gasteiger partial charge on any atom is 0.293 e. The first-order valence-corrected chi connectivity index (χ1v) is 11.1. The predicted molar refractivity (Wildman–Crippen MR) is 127 cm³/mol. The molecule has 6 nitrogen and oxygen atoms in total. The van der Waals surface area contributed by atoms with Gasteiger partial charge in [-0.2, -0.15) is 10.2 Å². The van der Waals surface area contributed by atoms with E-state index in [0.717, 1.165) is 22.7 Å². The first-order chi connectivity index (χ1) is 15.8. The number of thioether (sulfide) groups is 1. The van der Waals surface area contributed by atoms with Crippen LogP contribution in [0.3, 0.4) is 0 Å². The molecule has 3 aromatic carbocycles. The normalized spacial score (nSPS) is 15.2. The van der Waals surface area contributed by atoms with Crippen LogP contribution in [-0.4, -0.2) is 21.2 Å². The summed E-state index contributed by atoms with van der Waals surface area (Å²) in [5.41, 5.74) is 1.71. The van der Waals surface area contributed by atoms with Crippen molar-refractivity contribution >= 4 is 63.6 Å². The number of phenols is 1. The van der Waals surface area contributed by atoms with Crippen LogP contribution in [0.5, 0.6) is 5.75 Å². The Morgan fingerprint density at radius 1 is 1.00 bits per heavy atom. The van der Waals surface area contributed by atoms with Crippen LogP contribution in [0.25, 0.3) is 6.08 Å². The van der Waals surface area contributed by atoms with Gasteiger partial charge in [0, 0.05) is 15.6 Å². The Labute approximate surface area is 202 Å². The molecule has 1 saturated heterocycles. The minimum Gasteiger partial charge on any atom is -0.507 e. The maximum atomic E-state index is 13.3. The summed E-state index contributed by atoms with van der Waals surface area (Å²) in [6, 6.07) is 15.1. The molecule has 0 spiro atoms. The molecule has 1 N–H and O–H groups in total. The standard InChI is InChI=1S/C23H14Cl2FN3O3S/c24-15-2-1-3-17(10-15)27-28-18-6-7-20(30)14(8-18)9-21-22(31)29(23(32)33-21)12-13-4-5-16(26)11-19(13)25/h1-11,30H,12H2/b21-9-,28-27?. The molecule has 0 atom stereocenters. The highest BCUT2D eigenvalue weighted by Gasteiger charge is 2.35. The van der Waals surface area contributed by atoms with Gasteiger partial charge in [0.15, 0.2) is 0 Å². The van der Waals surface area contributed by atoms with Crippen molar-refractivity contribution in [2.24, 2.45) is 10.2 Å². The Kier molecular flexibility index (Phi) is 6.78. The number of azo groups is 1. The first-order valence-electron chi connectivity index (χ1n) is 9.50. The minimum absolute atomic E-state index is 0.0925. The number of carbonyl (C=O) groups excluding carboxylic acids is 2. The molecule has 0 aromatic heterocycles. The quantitative estimate of drug-likeness (QED) is 0.290. The van der Waals surface area contributed by atoms with E-state index in [-0.39, 0.29) is 22.2 Å². The molecule has 1 fully saturated rings. The summed E-state index contributed by atoms with van der Waals surface area (Å²) in [4.78, 5) is 26.3. The van der Waals surface area contributed by atoms with E-state index in [1.165, 1.54) is 30.3 Å². The molecule has 1 heterocycles. The van der Waals surface area contributed by atoms with Crippen LogP contribution in [-0.2, 0) is 11.3 Å². The second kappa shape index (κ2) is 9.74. The number of hydrogen-bond acceptors (Lipinski definition) is 6. The molecular weight excluding hydrogens is 488 g/mol. The number of imide groups is 1. The molecule has 3 aromatic rings. The van der Waals surface area contributed by atoms with Crippen molar-refractivity contribution in [1.82, 2.24) is 4.90 Å². The lowest BCUT2D eigenvalue weighted by molar-refractivity contribution is -0.123. The number of hydrogen-bond donors (Lipinski definition) is 1. The molecule has 166 valence electrons. The highest BCUT2D eigenvalue weighted by atomic mass is 35.5. The van der Waals surface area contributed by atoms with Crippen molar-refractivity contribution in [3.63, 3.8) is 0 Å². The summed E-state index contributed by atoms with van der Waals surface area (Å²) in [7, 11) is 0. The number of carbonyl (C=O) groups is 2. The van der Waals surface area contributed by atoms with E-state index in [9.17, 15) is 19.1 Å². The number of aromatic hydroxyl groups is 1. The number of benzene rings is 3. The SMILES string of the molecule is O=C1S/C(=C\c2cc(N=Nc3cccc(Cl)c3)ccc2O)C(=O)N1Cc1ccc(F)cc1Cl. The number of amides is 2. The van der Waals surface area contributed by atoms with E-state index in [2.05, 4.69) is 10.2 Å². The van der Waals surface area contributed by atoms with Crippen molar-refractivity contribution in [1.29, 1.82) is 0 Å². The molecule has 0 bridgehead atoms. The molecule has 0 aliphatic carbocycles. The first kappa shape index (κ1) is 23.0. The summed E-state index contributed by atoms with van der Waals surface area (Å²) in [6.45, 7) is -0.0962. The monoisotopic (exact) mass is 501 g/mol. The van der Waals surface area contributed by atoms with Gasteiger partial charge in [-0.25, -0.2) is 4.39 Å². The second-order valence-electron chi connectivity index (χ2n) is 6.93. The summed E-state index contributed by atoms with van der Waals surface area (Å²) in [5, 5.41) is 18.6. The number of halogens is 3. The summed E-state index contributed by atoms with van der Waals surface area (Å²) >= 11 is 12.7. The smallest absolute Gasteiger partial charge is 0.293 e. The molecule has 0 saturated carbocycles. The Morgan fingerprint density at radius 2 is 1.76 bits per heavy atom. The predicted octanol–water partition coefficient (Wildman–Crippen LogP) is 7.49. The third kappa shape index (κ3) is 5.42. The highest BCUT2D eigenvalue weighted by Crippen LogP contribution is 2.36. The summed E-state index contributed by atoms with van der Waals surface area (Å²) in [6.07, 6.45) is 1.41. The Morgan fingerprint density at radius 3 is 2.48 bits per heavy atom. The average Bonchev–Trinajstić information content (AvgIpc) is 3.03.